The zero-order valence-electron chi connectivity index (χ0n) is 7.41. The number of rotatable bonds is 4. The van der Waals surface area contributed by atoms with Gasteiger partial charge in [0.2, 0.25) is 0 Å². The summed E-state index contributed by atoms with van der Waals surface area (Å²) in [5.74, 6) is 0.785. The van der Waals surface area contributed by atoms with E-state index in [1.54, 1.807) is 11.8 Å². The molecule has 0 aliphatic heterocycles. The molecule has 5 heteroatoms. The van der Waals surface area contributed by atoms with Gasteiger partial charge in [0.1, 0.15) is 0 Å². The number of hydrogen-bond donors (Lipinski definition) is 0. The van der Waals surface area contributed by atoms with Gasteiger partial charge in [-0.05, 0) is 0 Å². The summed E-state index contributed by atoms with van der Waals surface area (Å²) in [5.41, 5.74) is 0. The second kappa shape index (κ2) is 9.63. The van der Waals surface area contributed by atoms with Gasteiger partial charge in [0.15, 0.2) is 0 Å². The summed E-state index contributed by atoms with van der Waals surface area (Å²) >= 11 is 3.96. The molecule has 1 rings (SSSR count). The van der Waals surface area contributed by atoms with Crippen molar-refractivity contribution in [2.45, 2.75) is 13.3 Å². The third-order valence-corrected chi connectivity index (χ3v) is 3.39. The first-order valence-corrected chi connectivity index (χ1v) is 5.43. The summed E-state index contributed by atoms with van der Waals surface area (Å²) in [5, 5.41) is 0. The Labute approximate surface area is 108 Å². The van der Waals surface area contributed by atoms with E-state index in [1.807, 2.05) is 6.92 Å². The maximum atomic E-state index is 5.24. The minimum Gasteiger partial charge on any atom is -0.147 e. The van der Waals surface area contributed by atoms with Crippen LogP contribution in [0.4, 0.5) is 0 Å². The zero-order chi connectivity index (χ0) is 8.10. The minimum atomic E-state index is 0. The van der Waals surface area contributed by atoms with Gasteiger partial charge in [0.25, 0.3) is 0 Å². The van der Waals surface area contributed by atoms with Crippen molar-refractivity contribution >= 4 is 36.6 Å². The summed E-state index contributed by atoms with van der Waals surface area (Å²) in [6.45, 7) is 2.83. The first kappa shape index (κ1) is 16.5. The van der Waals surface area contributed by atoms with Crippen LogP contribution in [0.3, 0.4) is 0 Å². The van der Waals surface area contributed by atoms with Gasteiger partial charge < -0.3 is 0 Å². The summed E-state index contributed by atoms with van der Waals surface area (Å²) < 4.78 is 6.71. The Bertz CT molecular complexity index is 195. The molecule has 0 bridgehead atoms. The maximum Gasteiger partial charge on any atom is -0.147 e. The first-order chi connectivity index (χ1) is 5.34. The van der Waals surface area contributed by atoms with Gasteiger partial charge in [-0.3, -0.25) is 0 Å². The number of thioether (sulfide) groups is 1. The van der Waals surface area contributed by atoms with Gasteiger partial charge in [-0.25, -0.2) is 0 Å². The number of hydrogen-bond acceptors (Lipinski definition) is 2. The zero-order valence-corrected chi connectivity index (χ0v) is 11.4. The van der Waals surface area contributed by atoms with Crippen LogP contribution in [-0.2, 0) is 25.2 Å². The molecule has 0 fully saturated rings. The minimum absolute atomic E-state index is 0. The molecule has 0 saturated carbocycles. The normalized spacial score (nSPS) is 13.8. The maximum absolute atomic E-state index is 5.24. The van der Waals surface area contributed by atoms with E-state index in [0.717, 1.165) is 19.0 Å². The van der Waals surface area contributed by atoms with Crippen LogP contribution in [-0.4, -0.2) is 12.5 Å². The Hall–Kier alpha value is 1.08. The molecule has 1 aliphatic carbocycles. The van der Waals surface area contributed by atoms with Crippen molar-refractivity contribution in [1.82, 2.24) is 0 Å². The van der Waals surface area contributed by atoms with Crippen LogP contribution < -0.4 is 0 Å². The molecule has 1 nitrogen and oxygen atoms in total. The SMILES string of the molecule is CCOCSC1=[C]([Ti])CC=C1.Cl.Cl. The van der Waals surface area contributed by atoms with Crippen molar-refractivity contribution in [2.75, 3.05) is 12.5 Å². The van der Waals surface area contributed by atoms with Crippen molar-refractivity contribution in [1.29, 1.82) is 0 Å². The van der Waals surface area contributed by atoms with Crippen LogP contribution in [0, 0.1) is 0 Å². The van der Waals surface area contributed by atoms with Gasteiger partial charge in [0, 0.05) is 0 Å². The van der Waals surface area contributed by atoms with E-state index in [4.69, 9.17) is 4.74 Å². The van der Waals surface area contributed by atoms with Crippen LogP contribution in [0.5, 0.6) is 0 Å². The standard InChI is InChI=1S/C8H11OS.2ClH.Ti/c1-2-9-7-10-8-5-3-4-6-8;;;/h3,5H,2,4,7H2,1H3;2*1H;. The van der Waals surface area contributed by atoms with Crippen LogP contribution in [0.25, 0.3) is 0 Å². The summed E-state index contributed by atoms with van der Waals surface area (Å²) in [6.07, 6.45) is 5.50. The Morgan fingerprint density at radius 2 is 2.23 bits per heavy atom. The predicted molar refractivity (Wildman–Crippen MR) is 59.4 cm³/mol. The van der Waals surface area contributed by atoms with Crippen LogP contribution >= 0.6 is 36.6 Å². The van der Waals surface area contributed by atoms with E-state index in [-0.39, 0.29) is 24.8 Å². The Balaban J connectivity index is 0. The first-order valence-electron chi connectivity index (χ1n) is 3.66. The number of halogens is 2. The Morgan fingerprint density at radius 3 is 2.69 bits per heavy atom. The van der Waals surface area contributed by atoms with Crippen LogP contribution in [0.2, 0.25) is 0 Å². The molecule has 0 N–H and O–H groups in total. The van der Waals surface area contributed by atoms with Gasteiger partial charge in [0.05, 0.1) is 0 Å². The van der Waals surface area contributed by atoms with Crippen molar-refractivity contribution in [2.24, 2.45) is 0 Å². The molecule has 0 saturated heterocycles. The third kappa shape index (κ3) is 6.21. The fourth-order valence-corrected chi connectivity index (χ4v) is 2.29. The molecule has 0 aromatic carbocycles. The molecule has 13 heavy (non-hydrogen) atoms. The fraction of sp³-hybridized carbons (Fsp3) is 0.500. The molecule has 1 aliphatic rings. The molecule has 75 valence electrons. The van der Waals surface area contributed by atoms with E-state index in [0.29, 0.717) is 0 Å². The average molecular weight is 276 g/mol. The molecule has 0 unspecified atom stereocenters. The van der Waals surface area contributed by atoms with E-state index >= 15 is 0 Å². The van der Waals surface area contributed by atoms with Gasteiger partial charge in [-0.2, -0.15) is 0 Å². The van der Waals surface area contributed by atoms with Gasteiger partial charge in [-0.15, -0.1) is 24.8 Å². The second-order valence-corrected chi connectivity index (χ2v) is 4.11. The fourth-order valence-electron chi connectivity index (χ4n) is 0.809. The Morgan fingerprint density at radius 1 is 1.54 bits per heavy atom. The molecule has 0 aromatic rings. The van der Waals surface area contributed by atoms with Crippen molar-refractivity contribution in [3.05, 3.63) is 20.9 Å². The van der Waals surface area contributed by atoms with Crippen molar-refractivity contribution in [3.8, 4) is 0 Å². The van der Waals surface area contributed by atoms with E-state index in [2.05, 4.69) is 32.6 Å². The van der Waals surface area contributed by atoms with Crippen LogP contribution in [0.1, 0.15) is 13.3 Å². The van der Waals surface area contributed by atoms with Crippen LogP contribution in [0.15, 0.2) is 20.9 Å². The summed E-state index contributed by atoms with van der Waals surface area (Å²) in [4.78, 5) is 1.39. The predicted octanol–water partition coefficient (Wildman–Crippen LogP) is 3.28. The molecule has 0 aromatic heterocycles. The molecule has 0 heterocycles. The van der Waals surface area contributed by atoms with Gasteiger partial charge >= 0.3 is 83.8 Å². The van der Waals surface area contributed by atoms with Gasteiger partial charge in [-0.1, -0.05) is 0 Å². The monoisotopic (exact) mass is 275 g/mol. The third-order valence-electron chi connectivity index (χ3n) is 1.39. The van der Waals surface area contributed by atoms with Crippen molar-refractivity contribution < 1.29 is 25.2 Å². The topological polar surface area (TPSA) is 9.23 Å². The average Bonchev–Trinajstić information content (AvgIpc) is 2.37. The summed E-state index contributed by atoms with van der Waals surface area (Å²) in [7, 11) is 0. The Kier molecular flexibility index (Phi) is 12.2. The number of ether oxygens (including phenoxy) is 1. The molecule has 0 atom stereocenters. The molecular weight excluding hydrogens is 263 g/mol. The van der Waals surface area contributed by atoms with E-state index < -0.39 is 0 Å². The molecule has 0 radical (unpaired) electrons. The van der Waals surface area contributed by atoms with E-state index in [1.165, 1.54) is 8.78 Å². The largest absolute Gasteiger partial charge is 0.147 e. The molecular formula is C8H13Cl2OSTi. The summed E-state index contributed by atoms with van der Waals surface area (Å²) in [6, 6.07) is 0. The smallest absolute Gasteiger partial charge is 0.147 e. The second-order valence-electron chi connectivity index (χ2n) is 2.20. The molecule has 0 amide bonds. The van der Waals surface area contributed by atoms with Crippen molar-refractivity contribution in [3.63, 3.8) is 0 Å². The molecule has 0 spiro atoms. The quantitative estimate of drug-likeness (QED) is 0.442. The number of allylic oxidation sites excluding steroid dienone is 3. The van der Waals surface area contributed by atoms with E-state index in [9.17, 15) is 0 Å².